The molecular formula is C9H17NOS. The highest BCUT2D eigenvalue weighted by Gasteiger charge is 2.37. The Labute approximate surface area is 78.2 Å². The fraction of sp³-hybridized carbons (Fsp3) is 1.00. The van der Waals surface area contributed by atoms with Gasteiger partial charge in [0.1, 0.15) is 0 Å². The van der Waals surface area contributed by atoms with E-state index in [1.165, 1.54) is 24.3 Å². The van der Waals surface area contributed by atoms with E-state index in [9.17, 15) is 0 Å². The van der Waals surface area contributed by atoms with Gasteiger partial charge in [0.05, 0.1) is 5.60 Å². The molecule has 12 heavy (non-hydrogen) atoms. The number of hydrogen-bond donors (Lipinski definition) is 1. The molecule has 2 aliphatic rings. The molecule has 3 heteroatoms. The first kappa shape index (κ1) is 8.85. The minimum atomic E-state index is 0.183. The van der Waals surface area contributed by atoms with Crippen LogP contribution in [0.4, 0.5) is 0 Å². The Morgan fingerprint density at radius 3 is 2.75 bits per heavy atom. The van der Waals surface area contributed by atoms with E-state index < -0.39 is 0 Å². The summed E-state index contributed by atoms with van der Waals surface area (Å²) in [7, 11) is 0. The zero-order chi connectivity index (χ0) is 8.44. The maximum absolute atomic E-state index is 5.95. The van der Waals surface area contributed by atoms with Gasteiger partial charge in [0, 0.05) is 12.6 Å². The molecule has 2 aliphatic heterocycles. The van der Waals surface area contributed by atoms with Crippen molar-refractivity contribution in [2.24, 2.45) is 5.73 Å². The van der Waals surface area contributed by atoms with Gasteiger partial charge in [-0.2, -0.15) is 11.8 Å². The lowest BCUT2D eigenvalue weighted by atomic mass is 9.86. The van der Waals surface area contributed by atoms with E-state index in [2.05, 4.69) is 0 Å². The molecule has 70 valence electrons. The fourth-order valence-electron chi connectivity index (χ4n) is 2.16. The van der Waals surface area contributed by atoms with Crippen molar-refractivity contribution in [1.82, 2.24) is 0 Å². The van der Waals surface area contributed by atoms with Crippen LogP contribution in [0.1, 0.15) is 25.7 Å². The molecule has 1 atom stereocenters. The van der Waals surface area contributed by atoms with E-state index in [-0.39, 0.29) is 5.60 Å². The maximum Gasteiger partial charge on any atom is 0.0713 e. The molecule has 2 fully saturated rings. The molecule has 2 rings (SSSR count). The second kappa shape index (κ2) is 3.56. The minimum absolute atomic E-state index is 0.183. The molecule has 1 spiro atoms. The fourth-order valence-corrected chi connectivity index (χ4v) is 3.39. The first-order chi connectivity index (χ1) is 5.81. The molecule has 2 nitrogen and oxygen atoms in total. The standard InChI is InChI=1S/C9H17NOS/c10-8-1-4-11-9(7-8)2-5-12-6-3-9/h8H,1-7,10H2. The lowest BCUT2D eigenvalue weighted by Crippen LogP contribution is -2.47. The van der Waals surface area contributed by atoms with Gasteiger partial charge in [0.15, 0.2) is 0 Å². The van der Waals surface area contributed by atoms with Crippen molar-refractivity contribution in [3.63, 3.8) is 0 Å². The summed E-state index contributed by atoms with van der Waals surface area (Å²) < 4.78 is 5.88. The van der Waals surface area contributed by atoms with E-state index in [1.54, 1.807) is 0 Å². The summed E-state index contributed by atoms with van der Waals surface area (Å²) in [6.07, 6.45) is 4.57. The second-order valence-corrected chi connectivity index (χ2v) is 5.12. The second-order valence-electron chi connectivity index (χ2n) is 3.90. The summed E-state index contributed by atoms with van der Waals surface area (Å²) in [5, 5.41) is 0. The van der Waals surface area contributed by atoms with Crippen LogP contribution in [-0.4, -0.2) is 29.8 Å². The van der Waals surface area contributed by atoms with Crippen LogP contribution < -0.4 is 5.73 Å². The Balaban J connectivity index is 1.97. The van der Waals surface area contributed by atoms with E-state index in [1.807, 2.05) is 11.8 Å². The predicted molar refractivity (Wildman–Crippen MR) is 52.5 cm³/mol. The molecule has 0 bridgehead atoms. The van der Waals surface area contributed by atoms with Gasteiger partial charge in [-0.05, 0) is 37.2 Å². The average molecular weight is 187 g/mol. The van der Waals surface area contributed by atoms with E-state index in [0.717, 1.165) is 19.4 Å². The largest absolute Gasteiger partial charge is 0.375 e. The minimum Gasteiger partial charge on any atom is -0.375 e. The third-order valence-corrected chi connectivity index (χ3v) is 3.92. The third-order valence-electron chi connectivity index (χ3n) is 2.94. The lowest BCUT2D eigenvalue weighted by Gasteiger charge is -2.42. The summed E-state index contributed by atoms with van der Waals surface area (Å²) in [6.45, 7) is 0.881. The summed E-state index contributed by atoms with van der Waals surface area (Å²) in [5.41, 5.74) is 6.14. The Hall–Kier alpha value is 0.270. The normalized spacial score (nSPS) is 35.2. The third kappa shape index (κ3) is 1.78. The molecule has 0 aromatic carbocycles. The molecule has 0 aromatic rings. The van der Waals surface area contributed by atoms with Gasteiger partial charge in [-0.15, -0.1) is 0 Å². The summed E-state index contributed by atoms with van der Waals surface area (Å²) in [4.78, 5) is 0. The van der Waals surface area contributed by atoms with Crippen molar-refractivity contribution >= 4 is 11.8 Å². The van der Waals surface area contributed by atoms with Crippen molar-refractivity contribution in [3.8, 4) is 0 Å². The SMILES string of the molecule is NC1CCOC2(CCSCC2)C1. The summed E-state index contributed by atoms with van der Waals surface area (Å²) in [6, 6.07) is 0.391. The molecule has 1 unspecified atom stereocenters. The molecule has 0 radical (unpaired) electrons. The lowest BCUT2D eigenvalue weighted by molar-refractivity contribution is -0.0888. The maximum atomic E-state index is 5.95. The molecular weight excluding hydrogens is 170 g/mol. The van der Waals surface area contributed by atoms with Gasteiger partial charge in [-0.3, -0.25) is 0 Å². The van der Waals surface area contributed by atoms with E-state index in [0.29, 0.717) is 6.04 Å². The zero-order valence-electron chi connectivity index (χ0n) is 7.42. The summed E-state index contributed by atoms with van der Waals surface area (Å²) >= 11 is 2.04. The smallest absolute Gasteiger partial charge is 0.0713 e. The first-order valence-corrected chi connectivity index (χ1v) is 5.94. The highest BCUT2D eigenvalue weighted by atomic mass is 32.2. The Morgan fingerprint density at radius 2 is 2.08 bits per heavy atom. The molecule has 0 aliphatic carbocycles. The monoisotopic (exact) mass is 187 g/mol. The van der Waals surface area contributed by atoms with Crippen LogP contribution in [0, 0.1) is 0 Å². The number of thioether (sulfide) groups is 1. The van der Waals surface area contributed by atoms with Crippen molar-refractivity contribution in [2.45, 2.75) is 37.3 Å². The molecule has 2 saturated heterocycles. The van der Waals surface area contributed by atoms with Gasteiger partial charge < -0.3 is 10.5 Å². The Bertz CT molecular complexity index is 151. The average Bonchev–Trinajstić information content (AvgIpc) is 2.05. The van der Waals surface area contributed by atoms with Gasteiger partial charge in [-0.1, -0.05) is 0 Å². The highest BCUT2D eigenvalue weighted by molar-refractivity contribution is 7.99. The van der Waals surface area contributed by atoms with Crippen molar-refractivity contribution in [2.75, 3.05) is 18.1 Å². The van der Waals surface area contributed by atoms with Crippen LogP contribution in [0.15, 0.2) is 0 Å². The van der Waals surface area contributed by atoms with E-state index in [4.69, 9.17) is 10.5 Å². The first-order valence-electron chi connectivity index (χ1n) is 4.78. The van der Waals surface area contributed by atoms with Crippen LogP contribution in [0.5, 0.6) is 0 Å². The number of ether oxygens (including phenoxy) is 1. The quantitative estimate of drug-likeness (QED) is 0.622. The highest BCUT2D eigenvalue weighted by Crippen LogP contribution is 2.36. The zero-order valence-corrected chi connectivity index (χ0v) is 8.24. The summed E-state index contributed by atoms with van der Waals surface area (Å²) in [5.74, 6) is 2.51. The topological polar surface area (TPSA) is 35.2 Å². The van der Waals surface area contributed by atoms with Crippen molar-refractivity contribution < 1.29 is 4.74 Å². The van der Waals surface area contributed by atoms with Gasteiger partial charge in [0.25, 0.3) is 0 Å². The van der Waals surface area contributed by atoms with Gasteiger partial charge in [-0.25, -0.2) is 0 Å². The van der Waals surface area contributed by atoms with Crippen LogP contribution in [0.25, 0.3) is 0 Å². The Morgan fingerprint density at radius 1 is 1.33 bits per heavy atom. The van der Waals surface area contributed by atoms with E-state index >= 15 is 0 Å². The number of hydrogen-bond acceptors (Lipinski definition) is 3. The predicted octanol–water partition coefficient (Wildman–Crippen LogP) is 1.39. The number of rotatable bonds is 0. The van der Waals surface area contributed by atoms with Crippen LogP contribution in [0.2, 0.25) is 0 Å². The molecule has 2 N–H and O–H groups in total. The van der Waals surface area contributed by atoms with Crippen LogP contribution >= 0.6 is 11.8 Å². The molecule has 0 amide bonds. The molecule has 0 saturated carbocycles. The van der Waals surface area contributed by atoms with Gasteiger partial charge in [0.2, 0.25) is 0 Å². The molecule has 2 heterocycles. The van der Waals surface area contributed by atoms with Crippen molar-refractivity contribution in [1.29, 1.82) is 0 Å². The number of nitrogens with two attached hydrogens (primary N) is 1. The Kier molecular flexibility index (Phi) is 2.63. The van der Waals surface area contributed by atoms with Crippen LogP contribution in [-0.2, 0) is 4.74 Å². The molecule has 0 aromatic heterocycles. The van der Waals surface area contributed by atoms with Crippen LogP contribution in [0.3, 0.4) is 0 Å². The van der Waals surface area contributed by atoms with Gasteiger partial charge >= 0.3 is 0 Å². The van der Waals surface area contributed by atoms with Crippen molar-refractivity contribution in [3.05, 3.63) is 0 Å².